The van der Waals surface area contributed by atoms with Crippen LogP contribution in [0.25, 0.3) is 16.7 Å². The quantitative estimate of drug-likeness (QED) is 0.115. The van der Waals surface area contributed by atoms with Gasteiger partial charge in [-0.15, -0.1) is 0 Å². The molecular formula is C32H29F3N6O5. The molecule has 2 fully saturated rings. The summed E-state index contributed by atoms with van der Waals surface area (Å²) in [5.41, 5.74) is 3.89. The zero-order valence-corrected chi connectivity index (χ0v) is 24.9. The molecule has 0 radical (unpaired) electrons. The van der Waals surface area contributed by atoms with Crippen LogP contribution >= 0.6 is 0 Å². The fourth-order valence-electron chi connectivity index (χ4n) is 5.25. The molecule has 6 rings (SSSR count). The number of halogens is 3. The number of aryl methyl sites for hydroxylation is 1. The van der Waals surface area contributed by atoms with Crippen LogP contribution in [0.4, 0.5) is 29.3 Å². The molecule has 0 saturated carbocycles. The van der Waals surface area contributed by atoms with E-state index in [1.165, 1.54) is 43.1 Å². The third-order valence-electron chi connectivity index (χ3n) is 7.60. The van der Waals surface area contributed by atoms with Crippen molar-refractivity contribution in [1.29, 1.82) is 5.41 Å². The van der Waals surface area contributed by atoms with Crippen molar-refractivity contribution < 1.29 is 37.3 Å². The molecule has 2 saturated heterocycles. The van der Waals surface area contributed by atoms with Gasteiger partial charge in [0.15, 0.2) is 11.6 Å². The molecule has 3 heterocycles. The molecule has 5 N–H and O–H groups in total. The van der Waals surface area contributed by atoms with E-state index in [9.17, 15) is 27.9 Å². The molecule has 4 aromatic rings. The first-order chi connectivity index (χ1) is 21.8. The number of fused-ring (bicyclic) bond motifs is 1. The number of anilines is 2. The molecule has 2 aliphatic rings. The Kier molecular flexibility index (Phi) is 7.60. The van der Waals surface area contributed by atoms with Gasteiger partial charge in [-0.05, 0) is 74.9 Å². The number of urea groups is 1. The van der Waals surface area contributed by atoms with Gasteiger partial charge in [-0.2, -0.15) is 0 Å². The molecule has 14 heteroatoms. The lowest BCUT2D eigenvalue weighted by Gasteiger charge is -2.19. The summed E-state index contributed by atoms with van der Waals surface area (Å²) in [7, 11) is 0. The second-order valence-corrected chi connectivity index (χ2v) is 11.3. The zero-order chi connectivity index (χ0) is 32.9. The molecule has 238 valence electrons. The summed E-state index contributed by atoms with van der Waals surface area (Å²) in [4.78, 5) is 29.6. The number of carbonyl (C=O) groups excluding carboxylic acids is 2. The minimum Gasteiger partial charge on any atom is -0.505 e. The summed E-state index contributed by atoms with van der Waals surface area (Å²) in [6.07, 6.45) is -2.80. The molecule has 0 unspecified atom stereocenters. The molecule has 46 heavy (non-hydrogen) atoms. The van der Waals surface area contributed by atoms with E-state index in [4.69, 9.17) is 14.9 Å². The van der Waals surface area contributed by atoms with Crippen molar-refractivity contribution in [2.75, 3.05) is 23.1 Å². The van der Waals surface area contributed by atoms with Gasteiger partial charge in [0, 0.05) is 17.4 Å². The highest BCUT2D eigenvalue weighted by molar-refractivity contribution is 6.24. The van der Waals surface area contributed by atoms with Crippen molar-refractivity contribution in [3.05, 3.63) is 83.3 Å². The number of amidine groups is 1. The number of aromatic amines is 1. The number of benzene rings is 3. The largest absolute Gasteiger partial charge is 0.505 e. The maximum absolute atomic E-state index is 14.1. The number of H-pyrrole nitrogens is 1. The molecule has 1 aromatic heterocycles. The van der Waals surface area contributed by atoms with E-state index in [-0.39, 0.29) is 46.6 Å². The Balaban J connectivity index is 1.29. The molecular weight excluding hydrogens is 605 g/mol. The summed E-state index contributed by atoms with van der Waals surface area (Å²) in [5, 5.41) is 24.5. The topological polar surface area (TPSA) is 143 Å². The van der Waals surface area contributed by atoms with Crippen molar-refractivity contribution in [3.8, 4) is 17.2 Å². The van der Waals surface area contributed by atoms with E-state index in [0.717, 1.165) is 4.90 Å². The average molecular weight is 635 g/mol. The van der Waals surface area contributed by atoms with E-state index in [1.807, 2.05) is 0 Å². The van der Waals surface area contributed by atoms with E-state index in [2.05, 4.69) is 15.7 Å². The Labute approximate surface area is 260 Å². The number of nitrogens with zero attached hydrogens (tertiary/aromatic N) is 2. The number of nitrogens with one attached hydrogen (secondary N) is 4. The van der Waals surface area contributed by atoms with Crippen molar-refractivity contribution in [2.24, 2.45) is 0 Å². The number of aliphatic hydroxyl groups is 1. The summed E-state index contributed by atoms with van der Waals surface area (Å²) < 4.78 is 51.2. The van der Waals surface area contributed by atoms with E-state index < -0.39 is 36.3 Å². The van der Waals surface area contributed by atoms with Gasteiger partial charge in [-0.25, -0.2) is 28.3 Å². The lowest BCUT2D eigenvalue weighted by Crippen LogP contribution is -2.40. The fraction of sp³-hybridized carbons (Fsp3) is 0.219. The summed E-state index contributed by atoms with van der Waals surface area (Å²) in [5.74, 6) is -0.985. The summed E-state index contributed by atoms with van der Waals surface area (Å²) in [6.45, 7) is 3.95. The zero-order valence-electron chi connectivity index (χ0n) is 24.9. The summed E-state index contributed by atoms with van der Waals surface area (Å²) >= 11 is 0. The monoisotopic (exact) mass is 634 g/mol. The van der Waals surface area contributed by atoms with Gasteiger partial charge in [-0.1, -0.05) is 12.1 Å². The highest BCUT2D eigenvalue weighted by Crippen LogP contribution is 2.38. The molecule has 3 amide bonds. The second-order valence-electron chi connectivity index (χ2n) is 11.3. The number of aromatic nitrogens is 1. The number of aliphatic hydroxyl groups excluding tert-OH is 1. The highest BCUT2D eigenvalue weighted by Gasteiger charge is 2.46. The SMILES string of the molecule is Cc1cc(N2NCC(=C(O)c3cc4cc(OCC(F)F)c(N5C(=O)NC(C)(C)C5=O)cc4[nH]3)C2=N)ccc1Oc1ccccc1F. The Hall–Kier alpha value is -5.50. The van der Waals surface area contributed by atoms with E-state index >= 15 is 0 Å². The number of carbonyl (C=O) groups is 2. The van der Waals surface area contributed by atoms with E-state index in [1.54, 1.807) is 43.3 Å². The van der Waals surface area contributed by atoms with Gasteiger partial charge >= 0.3 is 6.03 Å². The molecule has 0 aliphatic carbocycles. The first-order valence-electron chi connectivity index (χ1n) is 14.2. The van der Waals surface area contributed by atoms with Crippen LogP contribution in [-0.4, -0.2) is 53.0 Å². The van der Waals surface area contributed by atoms with Crippen LogP contribution in [0.15, 0.2) is 66.2 Å². The van der Waals surface area contributed by atoms with Gasteiger partial charge in [-0.3, -0.25) is 15.2 Å². The smallest absolute Gasteiger partial charge is 0.329 e. The first kappa shape index (κ1) is 30.5. The maximum Gasteiger partial charge on any atom is 0.329 e. The van der Waals surface area contributed by atoms with Crippen LogP contribution in [0.1, 0.15) is 25.1 Å². The number of hydrazine groups is 1. The van der Waals surface area contributed by atoms with Gasteiger partial charge < -0.3 is 24.9 Å². The third kappa shape index (κ3) is 5.47. The standard InChI is InChI=1S/C32H29F3N6O5/c1-16-10-18(8-9-24(16)46-25-7-5-4-6-20(25)33)41-29(36)19(14-37-41)28(42)22-11-17-12-26(45-15-27(34)35)23(13-21(17)38-22)40-30(43)32(2,3)39-31(40)44/h4-13,27,36-38,42H,14-15H2,1-3H3,(H,39,44). The molecule has 2 aliphatic heterocycles. The number of amides is 3. The molecule has 11 nitrogen and oxygen atoms in total. The first-order valence-corrected chi connectivity index (χ1v) is 14.2. The van der Waals surface area contributed by atoms with Crippen LogP contribution in [-0.2, 0) is 4.79 Å². The normalized spacial score (nSPS) is 17.3. The van der Waals surface area contributed by atoms with Crippen molar-refractivity contribution in [1.82, 2.24) is 15.7 Å². The second kappa shape index (κ2) is 11.5. The summed E-state index contributed by atoms with van der Waals surface area (Å²) in [6, 6.07) is 14.8. The van der Waals surface area contributed by atoms with Crippen molar-refractivity contribution in [3.63, 3.8) is 0 Å². The van der Waals surface area contributed by atoms with Crippen molar-refractivity contribution in [2.45, 2.75) is 32.7 Å². The van der Waals surface area contributed by atoms with Crippen LogP contribution in [0.5, 0.6) is 17.2 Å². The predicted octanol–water partition coefficient (Wildman–Crippen LogP) is 6.16. The predicted molar refractivity (Wildman–Crippen MR) is 165 cm³/mol. The number of alkyl halides is 2. The van der Waals surface area contributed by atoms with Gasteiger partial charge in [0.2, 0.25) is 0 Å². The number of para-hydroxylation sites is 1. The highest BCUT2D eigenvalue weighted by atomic mass is 19.3. The minimum atomic E-state index is -2.80. The number of rotatable bonds is 8. The van der Waals surface area contributed by atoms with Crippen LogP contribution in [0, 0.1) is 18.2 Å². The minimum absolute atomic E-state index is 0.0402. The number of imide groups is 1. The Bertz CT molecular complexity index is 1940. The Morgan fingerprint density at radius 2 is 1.83 bits per heavy atom. The molecule has 3 aromatic carbocycles. The van der Waals surface area contributed by atoms with E-state index in [0.29, 0.717) is 27.9 Å². The van der Waals surface area contributed by atoms with Gasteiger partial charge in [0.05, 0.1) is 22.6 Å². The molecule has 0 spiro atoms. The fourth-order valence-corrected chi connectivity index (χ4v) is 5.25. The molecule has 0 bridgehead atoms. The lowest BCUT2D eigenvalue weighted by molar-refractivity contribution is -0.121. The number of hydrogen-bond acceptors (Lipinski definition) is 7. The average Bonchev–Trinajstić information content (AvgIpc) is 3.65. The third-order valence-corrected chi connectivity index (χ3v) is 7.60. The van der Waals surface area contributed by atoms with Crippen LogP contribution in [0.2, 0.25) is 0 Å². The van der Waals surface area contributed by atoms with Crippen molar-refractivity contribution >= 4 is 45.8 Å². The lowest BCUT2D eigenvalue weighted by atomic mass is 10.1. The number of hydrogen-bond donors (Lipinski definition) is 5. The Morgan fingerprint density at radius 1 is 1.07 bits per heavy atom. The van der Waals surface area contributed by atoms with Gasteiger partial charge in [0.25, 0.3) is 12.3 Å². The maximum atomic E-state index is 14.1. The van der Waals surface area contributed by atoms with Gasteiger partial charge in [0.1, 0.15) is 35.2 Å². The Morgan fingerprint density at radius 3 is 2.50 bits per heavy atom. The molecule has 0 atom stereocenters. The van der Waals surface area contributed by atoms with Crippen LogP contribution in [0.3, 0.4) is 0 Å². The van der Waals surface area contributed by atoms with Crippen LogP contribution < -0.4 is 30.1 Å². The number of ether oxygens (including phenoxy) is 2.